The third kappa shape index (κ3) is 2.24. The highest BCUT2D eigenvalue weighted by Gasteiger charge is 2.53. The van der Waals surface area contributed by atoms with Crippen molar-refractivity contribution in [3.8, 4) is 0 Å². The molecule has 2 aliphatic rings. The molecule has 2 aromatic rings. The predicted octanol–water partition coefficient (Wildman–Crippen LogP) is 3.63. The summed E-state index contributed by atoms with van der Waals surface area (Å²) in [6.45, 7) is 5.89. The molecule has 0 saturated heterocycles. The number of anilines is 1. The number of hydrogen-bond acceptors (Lipinski definition) is 3. The summed E-state index contributed by atoms with van der Waals surface area (Å²) in [4.78, 5) is 3.39. The fourth-order valence-corrected chi connectivity index (χ4v) is 4.69. The second-order valence-electron chi connectivity index (χ2n) is 6.62. The van der Waals surface area contributed by atoms with Crippen molar-refractivity contribution in [2.45, 2.75) is 38.8 Å². The molecule has 1 atom stereocenters. The Morgan fingerprint density at radius 1 is 1.17 bits per heavy atom. The number of rotatable bonds is 2. The third-order valence-corrected chi connectivity index (χ3v) is 6.27. The van der Waals surface area contributed by atoms with Gasteiger partial charge in [0, 0.05) is 6.42 Å². The van der Waals surface area contributed by atoms with Gasteiger partial charge in [-0.3, -0.25) is 0 Å². The zero-order chi connectivity index (χ0) is 16.0. The van der Waals surface area contributed by atoms with Crippen LogP contribution in [0.3, 0.4) is 0 Å². The molecule has 0 amide bonds. The van der Waals surface area contributed by atoms with Crippen LogP contribution in [0.2, 0.25) is 0 Å². The second-order valence-corrected chi connectivity index (χ2v) is 7.57. The molecule has 0 fully saturated rings. The maximum atomic E-state index is 11.5. The number of aliphatic hydroxyl groups is 1. The molecule has 2 aliphatic heterocycles. The van der Waals surface area contributed by atoms with Crippen molar-refractivity contribution in [2.24, 2.45) is 0 Å². The van der Waals surface area contributed by atoms with Crippen LogP contribution < -0.4 is 4.90 Å². The topological polar surface area (TPSA) is 26.5 Å². The van der Waals surface area contributed by atoms with E-state index in [-0.39, 0.29) is 0 Å². The first-order valence-electron chi connectivity index (χ1n) is 8.35. The molecular formula is C19H23N2OS+. The Morgan fingerprint density at radius 3 is 2.83 bits per heavy atom. The summed E-state index contributed by atoms with van der Waals surface area (Å²) in [7, 11) is 0. The van der Waals surface area contributed by atoms with Gasteiger partial charge in [-0.25, -0.2) is 9.48 Å². The first-order valence-corrected chi connectivity index (χ1v) is 9.23. The number of aryl methyl sites for hydroxylation is 1. The van der Waals surface area contributed by atoms with Gasteiger partial charge in [-0.2, -0.15) is 0 Å². The van der Waals surface area contributed by atoms with Crippen molar-refractivity contribution in [1.82, 2.24) is 0 Å². The van der Waals surface area contributed by atoms with Gasteiger partial charge in [0.25, 0.3) is 11.6 Å². The second kappa shape index (κ2) is 5.46. The summed E-state index contributed by atoms with van der Waals surface area (Å²) >= 11 is 1.65. The van der Waals surface area contributed by atoms with E-state index in [1.165, 1.54) is 29.1 Å². The Balaban J connectivity index is 1.84. The van der Waals surface area contributed by atoms with E-state index in [0.717, 1.165) is 24.3 Å². The molecule has 0 aliphatic carbocycles. The molecule has 0 bridgehead atoms. The first-order chi connectivity index (χ1) is 11.1. The number of β-amino-alcohol motifs (C(OH)–C–C–N with tert-alkyl or cyclic N) is 1. The molecule has 23 heavy (non-hydrogen) atoms. The van der Waals surface area contributed by atoms with Gasteiger partial charge in [-0.15, -0.1) is 11.3 Å². The van der Waals surface area contributed by atoms with E-state index in [1.54, 1.807) is 11.3 Å². The van der Waals surface area contributed by atoms with Gasteiger partial charge in [-0.1, -0.05) is 18.2 Å². The molecule has 1 aromatic carbocycles. The molecule has 4 rings (SSSR count). The van der Waals surface area contributed by atoms with Crippen molar-refractivity contribution in [3.05, 3.63) is 51.7 Å². The molecular weight excluding hydrogens is 304 g/mol. The van der Waals surface area contributed by atoms with Crippen LogP contribution in [0.25, 0.3) is 0 Å². The average molecular weight is 327 g/mol. The van der Waals surface area contributed by atoms with E-state index in [1.807, 2.05) is 6.07 Å². The van der Waals surface area contributed by atoms with Gasteiger partial charge in [0.2, 0.25) is 0 Å². The van der Waals surface area contributed by atoms with Crippen LogP contribution in [0.4, 0.5) is 5.69 Å². The summed E-state index contributed by atoms with van der Waals surface area (Å²) < 4.78 is 2.24. The van der Waals surface area contributed by atoms with E-state index >= 15 is 0 Å². The molecule has 0 radical (unpaired) electrons. The normalized spacial score (nSPS) is 24.2. The van der Waals surface area contributed by atoms with Crippen LogP contribution in [0.5, 0.6) is 0 Å². The summed E-state index contributed by atoms with van der Waals surface area (Å²) in [5, 5.41) is 13.6. The van der Waals surface area contributed by atoms with Crippen LogP contribution in [0.15, 0.2) is 35.7 Å². The minimum absolute atomic E-state index is 0.618. The Hall–Kier alpha value is -1.65. The van der Waals surface area contributed by atoms with Gasteiger partial charge >= 0.3 is 0 Å². The SMILES string of the molecule is Cc1cccc(N2C[C@@](O)(c3cccs3)[N+]3=C2CCCC3)c1C. The van der Waals surface area contributed by atoms with E-state index in [9.17, 15) is 5.11 Å². The predicted molar refractivity (Wildman–Crippen MR) is 95.5 cm³/mol. The lowest BCUT2D eigenvalue weighted by Gasteiger charge is -2.22. The van der Waals surface area contributed by atoms with Crippen molar-refractivity contribution in [2.75, 3.05) is 18.0 Å². The quantitative estimate of drug-likeness (QED) is 0.853. The van der Waals surface area contributed by atoms with E-state index < -0.39 is 5.72 Å². The van der Waals surface area contributed by atoms with Crippen LogP contribution in [-0.2, 0) is 5.72 Å². The summed E-state index contributed by atoms with van der Waals surface area (Å²) in [5.74, 6) is 1.28. The molecule has 120 valence electrons. The van der Waals surface area contributed by atoms with Crippen LogP contribution in [-0.4, -0.2) is 28.6 Å². The summed E-state index contributed by atoms with van der Waals surface area (Å²) in [6.07, 6.45) is 3.40. The molecule has 0 unspecified atom stereocenters. The van der Waals surface area contributed by atoms with Gasteiger partial charge in [0.1, 0.15) is 5.69 Å². The first kappa shape index (κ1) is 14.9. The Kier molecular flexibility index (Phi) is 3.54. The lowest BCUT2D eigenvalue weighted by molar-refractivity contribution is -0.660. The average Bonchev–Trinajstić information content (AvgIpc) is 3.19. The number of benzene rings is 1. The van der Waals surface area contributed by atoms with Crippen LogP contribution in [0, 0.1) is 13.8 Å². The van der Waals surface area contributed by atoms with E-state index in [4.69, 9.17) is 0 Å². The Morgan fingerprint density at radius 2 is 2.04 bits per heavy atom. The molecule has 4 heteroatoms. The molecule has 0 spiro atoms. The molecule has 3 heterocycles. The third-order valence-electron chi connectivity index (χ3n) is 5.26. The van der Waals surface area contributed by atoms with Crippen LogP contribution >= 0.6 is 11.3 Å². The zero-order valence-corrected chi connectivity index (χ0v) is 14.6. The van der Waals surface area contributed by atoms with Crippen LogP contribution in [0.1, 0.15) is 35.3 Å². The zero-order valence-electron chi connectivity index (χ0n) is 13.7. The Bertz CT molecular complexity index is 766. The standard InChI is InChI=1S/C19H23N2OS/c1-14-7-5-8-16(15(14)2)20-13-19(22,17-9-6-12-23-17)21-11-4-3-10-18(20)21/h5-9,12,22H,3-4,10-11,13H2,1-2H3/q+1/t19-/m1/s1. The molecule has 1 N–H and O–H groups in total. The largest absolute Gasteiger partial charge is 0.346 e. The molecule has 3 nitrogen and oxygen atoms in total. The maximum Gasteiger partial charge on any atom is 0.280 e. The molecule has 1 aromatic heterocycles. The number of hydrogen-bond donors (Lipinski definition) is 1. The van der Waals surface area contributed by atoms with Gasteiger partial charge in [-0.05, 0) is 55.3 Å². The Labute approximate surface area is 141 Å². The fraction of sp³-hybridized carbons (Fsp3) is 0.421. The van der Waals surface area contributed by atoms with Gasteiger partial charge < -0.3 is 5.11 Å². The fourth-order valence-electron chi connectivity index (χ4n) is 3.86. The lowest BCUT2D eigenvalue weighted by Crippen LogP contribution is -2.40. The monoisotopic (exact) mass is 327 g/mol. The van der Waals surface area contributed by atoms with Gasteiger partial charge in [0.05, 0.1) is 11.4 Å². The number of amidine groups is 1. The lowest BCUT2D eigenvalue weighted by atomic mass is 10.1. The highest BCUT2D eigenvalue weighted by atomic mass is 32.1. The summed E-state index contributed by atoms with van der Waals surface area (Å²) in [5.41, 5.74) is 2.96. The van der Waals surface area contributed by atoms with E-state index in [2.05, 4.69) is 53.0 Å². The van der Waals surface area contributed by atoms with E-state index in [0.29, 0.717) is 6.54 Å². The number of thiophene rings is 1. The summed E-state index contributed by atoms with van der Waals surface area (Å²) in [6, 6.07) is 10.5. The van der Waals surface area contributed by atoms with Crippen molar-refractivity contribution in [3.63, 3.8) is 0 Å². The maximum absolute atomic E-state index is 11.5. The smallest absolute Gasteiger partial charge is 0.280 e. The highest BCUT2D eigenvalue weighted by molar-refractivity contribution is 7.10. The minimum Gasteiger partial charge on any atom is -0.346 e. The minimum atomic E-state index is -0.889. The van der Waals surface area contributed by atoms with Gasteiger partial charge in [0.15, 0.2) is 6.54 Å². The molecule has 0 saturated carbocycles. The number of nitrogens with zero attached hydrogens (tertiary/aromatic N) is 2. The van der Waals surface area contributed by atoms with Crippen molar-refractivity contribution >= 4 is 22.9 Å². The van der Waals surface area contributed by atoms with Crippen molar-refractivity contribution in [1.29, 1.82) is 0 Å². The van der Waals surface area contributed by atoms with Crippen molar-refractivity contribution < 1.29 is 9.68 Å². The highest BCUT2D eigenvalue weighted by Crippen LogP contribution is 2.38.